The summed E-state index contributed by atoms with van der Waals surface area (Å²) in [7, 11) is 0. The number of hydrogen-bond donors (Lipinski definition) is 1. The quantitative estimate of drug-likeness (QED) is 0.363. The van der Waals surface area contributed by atoms with Crippen LogP contribution in [0.3, 0.4) is 0 Å². The third-order valence-corrected chi connectivity index (χ3v) is 5.89. The number of aromatic nitrogens is 6. The van der Waals surface area contributed by atoms with Gasteiger partial charge in [-0.1, -0.05) is 18.2 Å². The van der Waals surface area contributed by atoms with E-state index in [1.807, 2.05) is 62.6 Å². The summed E-state index contributed by atoms with van der Waals surface area (Å²) in [6.07, 6.45) is 3.31. The van der Waals surface area contributed by atoms with Crippen LogP contribution in [0.5, 0.6) is 11.6 Å². The first-order valence-corrected chi connectivity index (χ1v) is 11.4. The van der Waals surface area contributed by atoms with Crippen molar-refractivity contribution in [2.45, 2.75) is 27.7 Å². The number of imidazole rings is 1. The molecule has 36 heavy (non-hydrogen) atoms. The van der Waals surface area contributed by atoms with E-state index in [1.165, 1.54) is 0 Å². The molecule has 0 fully saturated rings. The molecule has 0 unspecified atom stereocenters. The van der Waals surface area contributed by atoms with Gasteiger partial charge in [-0.05, 0) is 64.1 Å². The van der Waals surface area contributed by atoms with Gasteiger partial charge in [0.15, 0.2) is 0 Å². The van der Waals surface area contributed by atoms with Gasteiger partial charge in [0.25, 0.3) is 5.91 Å². The van der Waals surface area contributed by atoms with Crippen LogP contribution in [0.25, 0.3) is 11.5 Å². The summed E-state index contributed by atoms with van der Waals surface area (Å²) in [5.41, 5.74) is 4.75. The summed E-state index contributed by atoms with van der Waals surface area (Å²) < 4.78 is 9.62. The zero-order valence-electron chi connectivity index (χ0n) is 20.4. The Morgan fingerprint density at radius 3 is 2.36 bits per heavy atom. The van der Waals surface area contributed by atoms with E-state index in [2.05, 4.69) is 25.4 Å². The number of rotatable bonds is 6. The van der Waals surface area contributed by atoms with Crippen molar-refractivity contribution in [1.82, 2.24) is 29.3 Å². The highest BCUT2D eigenvalue weighted by atomic mass is 16.5. The van der Waals surface area contributed by atoms with Gasteiger partial charge >= 0.3 is 0 Å². The Kier molecular flexibility index (Phi) is 6.03. The second-order valence-electron chi connectivity index (χ2n) is 8.37. The third kappa shape index (κ3) is 4.58. The van der Waals surface area contributed by atoms with Gasteiger partial charge in [-0.2, -0.15) is 10.1 Å². The Morgan fingerprint density at radius 1 is 0.917 bits per heavy atom. The predicted molar refractivity (Wildman–Crippen MR) is 136 cm³/mol. The number of nitrogens with one attached hydrogen (secondary N) is 1. The molecular weight excluding hydrogens is 454 g/mol. The maximum absolute atomic E-state index is 12.9. The molecule has 9 nitrogen and oxygen atoms in total. The largest absolute Gasteiger partial charge is 0.439 e. The fourth-order valence-electron chi connectivity index (χ4n) is 3.82. The Hall–Kier alpha value is -4.79. The maximum atomic E-state index is 12.9. The highest BCUT2D eigenvalue weighted by Gasteiger charge is 2.16. The van der Waals surface area contributed by atoms with E-state index in [4.69, 9.17) is 4.74 Å². The van der Waals surface area contributed by atoms with Gasteiger partial charge in [0.2, 0.25) is 5.88 Å². The number of amides is 1. The lowest BCUT2D eigenvalue weighted by molar-refractivity contribution is 0.102. The van der Waals surface area contributed by atoms with Crippen LogP contribution in [0.4, 0.5) is 5.69 Å². The van der Waals surface area contributed by atoms with E-state index < -0.39 is 0 Å². The third-order valence-electron chi connectivity index (χ3n) is 5.89. The van der Waals surface area contributed by atoms with Gasteiger partial charge in [0.1, 0.15) is 23.7 Å². The minimum atomic E-state index is -0.231. The second-order valence-corrected chi connectivity index (χ2v) is 8.37. The lowest BCUT2D eigenvalue weighted by atomic mass is 10.2. The van der Waals surface area contributed by atoms with E-state index in [0.717, 1.165) is 22.8 Å². The molecule has 9 heteroatoms. The summed E-state index contributed by atoms with van der Waals surface area (Å²) in [4.78, 5) is 26.1. The van der Waals surface area contributed by atoms with Crippen LogP contribution in [0, 0.1) is 27.7 Å². The molecule has 5 rings (SSSR count). The molecule has 0 saturated carbocycles. The first kappa shape index (κ1) is 23.0. The standard InChI is InChI=1S/C27H25N7O2/c1-17-18(2)33(16-28-17)25-14-26(31-20(4)30-25)36-23-12-10-21(11-13-23)32-27(35)24-15-29-34(19(24)3)22-8-6-5-7-9-22/h5-16H,1-4H3,(H,32,35). The molecule has 0 bridgehead atoms. The monoisotopic (exact) mass is 479 g/mol. The van der Waals surface area contributed by atoms with Gasteiger partial charge in [-0.25, -0.2) is 14.6 Å². The SMILES string of the molecule is Cc1nc(Oc2ccc(NC(=O)c3cnn(-c4ccccc4)c3C)cc2)cc(-n2cnc(C)c2C)n1. The van der Waals surface area contributed by atoms with Crippen molar-refractivity contribution in [2.24, 2.45) is 0 Å². The highest BCUT2D eigenvalue weighted by Crippen LogP contribution is 2.24. The number of aryl methyl sites for hydroxylation is 2. The van der Waals surface area contributed by atoms with E-state index in [9.17, 15) is 4.79 Å². The summed E-state index contributed by atoms with van der Waals surface area (Å²) in [5, 5.41) is 7.29. The molecule has 0 radical (unpaired) electrons. The number of ether oxygens (including phenoxy) is 1. The topological polar surface area (TPSA) is 99.8 Å². The van der Waals surface area contributed by atoms with Crippen LogP contribution >= 0.6 is 0 Å². The maximum Gasteiger partial charge on any atom is 0.259 e. The van der Waals surface area contributed by atoms with Gasteiger partial charge < -0.3 is 10.1 Å². The summed E-state index contributed by atoms with van der Waals surface area (Å²) in [6.45, 7) is 7.63. The van der Waals surface area contributed by atoms with E-state index in [0.29, 0.717) is 34.5 Å². The molecule has 0 aliphatic carbocycles. The van der Waals surface area contributed by atoms with Gasteiger partial charge in [-0.15, -0.1) is 0 Å². The van der Waals surface area contributed by atoms with Crippen molar-refractivity contribution >= 4 is 11.6 Å². The first-order chi connectivity index (χ1) is 17.4. The molecule has 0 atom stereocenters. The number of benzene rings is 2. The smallest absolute Gasteiger partial charge is 0.259 e. The molecule has 0 aliphatic rings. The van der Waals surface area contributed by atoms with Crippen LogP contribution in [-0.2, 0) is 0 Å². The first-order valence-electron chi connectivity index (χ1n) is 11.4. The molecule has 180 valence electrons. The van der Waals surface area contributed by atoms with Crippen molar-refractivity contribution in [3.8, 4) is 23.1 Å². The van der Waals surface area contributed by atoms with Crippen LogP contribution < -0.4 is 10.1 Å². The Bertz CT molecular complexity index is 1540. The number of hydrogen-bond acceptors (Lipinski definition) is 6. The molecule has 0 spiro atoms. The molecule has 0 saturated heterocycles. The van der Waals surface area contributed by atoms with Crippen molar-refractivity contribution in [2.75, 3.05) is 5.32 Å². The minimum absolute atomic E-state index is 0.231. The van der Waals surface area contributed by atoms with E-state index in [-0.39, 0.29) is 5.91 Å². The van der Waals surface area contributed by atoms with Crippen molar-refractivity contribution in [3.63, 3.8) is 0 Å². The zero-order chi connectivity index (χ0) is 25.2. The van der Waals surface area contributed by atoms with Crippen molar-refractivity contribution in [1.29, 1.82) is 0 Å². The Morgan fingerprint density at radius 2 is 1.67 bits per heavy atom. The lowest BCUT2D eigenvalue weighted by Gasteiger charge is -2.10. The number of carbonyl (C=O) groups is 1. The van der Waals surface area contributed by atoms with Gasteiger partial charge in [0, 0.05) is 17.4 Å². The Balaban J connectivity index is 1.29. The summed E-state index contributed by atoms with van der Waals surface area (Å²) in [5.74, 6) is 2.05. The lowest BCUT2D eigenvalue weighted by Crippen LogP contribution is -2.13. The van der Waals surface area contributed by atoms with Crippen molar-refractivity contribution < 1.29 is 9.53 Å². The average Bonchev–Trinajstić information content (AvgIpc) is 3.42. The second kappa shape index (κ2) is 9.46. The molecular formula is C27H25N7O2. The van der Waals surface area contributed by atoms with E-state index >= 15 is 0 Å². The fraction of sp³-hybridized carbons (Fsp3) is 0.148. The van der Waals surface area contributed by atoms with E-state index in [1.54, 1.807) is 47.5 Å². The van der Waals surface area contributed by atoms with Crippen LogP contribution in [-0.4, -0.2) is 35.2 Å². The minimum Gasteiger partial charge on any atom is -0.439 e. The van der Waals surface area contributed by atoms with Gasteiger partial charge in [0.05, 0.1) is 28.8 Å². The molecule has 3 aromatic heterocycles. The number of anilines is 1. The molecule has 1 amide bonds. The number of nitrogens with zero attached hydrogens (tertiary/aromatic N) is 6. The van der Waals surface area contributed by atoms with Crippen LogP contribution in [0.1, 0.15) is 33.3 Å². The fourth-order valence-corrected chi connectivity index (χ4v) is 3.82. The summed E-state index contributed by atoms with van der Waals surface area (Å²) >= 11 is 0. The zero-order valence-corrected chi connectivity index (χ0v) is 20.4. The average molecular weight is 480 g/mol. The molecule has 1 N–H and O–H groups in total. The number of carbonyl (C=O) groups excluding carboxylic acids is 1. The summed E-state index contributed by atoms with van der Waals surface area (Å²) in [6, 6.07) is 18.6. The van der Waals surface area contributed by atoms with Gasteiger partial charge in [-0.3, -0.25) is 9.36 Å². The number of para-hydroxylation sites is 1. The highest BCUT2D eigenvalue weighted by molar-refractivity contribution is 6.05. The molecule has 5 aromatic rings. The van der Waals surface area contributed by atoms with Crippen LogP contribution in [0.15, 0.2) is 73.2 Å². The normalized spacial score (nSPS) is 10.9. The molecule has 3 heterocycles. The molecule has 0 aliphatic heterocycles. The molecule has 2 aromatic carbocycles. The van der Waals surface area contributed by atoms with Crippen molar-refractivity contribution in [3.05, 3.63) is 102 Å². The Labute approximate surface area is 208 Å². The predicted octanol–water partition coefficient (Wildman–Crippen LogP) is 5.13. The van der Waals surface area contributed by atoms with Crippen LogP contribution in [0.2, 0.25) is 0 Å².